The number of urea groups is 1. The number of aromatic amines is 1. The highest BCUT2D eigenvalue weighted by molar-refractivity contribution is 6.04. The third-order valence-electron chi connectivity index (χ3n) is 4.36. The number of hydrogen-bond acceptors (Lipinski definition) is 4. The summed E-state index contributed by atoms with van der Waals surface area (Å²) in [4.78, 5) is 23.0. The van der Waals surface area contributed by atoms with Gasteiger partial charge in [-0.1, -0.05) is 6.08 Å². The standard InChI is InChI=1S/C17H15FN4O3/c1-7-14(8(2)22-21-7)10-4-3-9-5-13(25-12(9)6-11(10)18)15-16(23)20-17(24)19-15/h4-6,15H,3H2,1-2H3,(H,21,22)(H2,19,20,23,24). The van der Waals surface area contributed by atoms with Crippen LogP contribution in [0.15, 0.2) is 22.4 Å². The van der Waals surface area contributed by atoms with Crippen LogP contribution >= 0.6 is 0 Å². The van der Waals surface area contributed by atoms with Gasteiger partial charge in [0.1, 0.15) is 17.3 Å². The van der Waals surface area contributed by atoms with Crippen LogP contribution in [-0.4, -0.2) is 22.1 Å². The summed E-state index contributed by atoms with van der Waals surface area (Å²) in [6, 6.07) is 0.206. The van der Waals surface area contributed by atoms with E-state index in [2.05, 4.69) is 20.8 Å². The van der Waals surface area contributed by atoms with Crippen molar-refractivity contribution in [3.8, 4) is 0 Å². The highest BCUT2D eigenvalue weighted by Gasteiger charge is 2.34. The van der Waals surface area contributed by atoms with Gasteiger partial charge in [-0.05, 0) is 26.3 Å². The molecule has 1 aliphatic heterocycles. The van der Waals surface area contributed by atoms with Gasteiger partial charge in [-0.15, -0.1) is 0 Å². The van der Waals surface area contributed by atoms with E-state index in [1.165, 1.54) is 6.08 Å². The number of nitrogens with zero attached hydrogens (tertiary/aromatic N) is 1. The van der Waals surface area contributed by atoms with Gasteiger partial charge in [0.25, 0.3) is 5.91 Å². The Kier molecular flexibility index (Phi) is 3.34. The number of carbonyl (C=O) groups excluding carboxylic acids is 2. The van der Waals surface area contributed by atoms with E-state index in [1.54, 1.807) is 12.1 Å². The van der Waals surface area contributed by atoms with Crippen LogP contribution in [0.4, 0.5) is 9.18 Å². The summed E-state index contributed by atoms with van der Waals surface area (Å²) in [5.41, 5.74) is 3.45. The lowest BCUT2D eigenvalue weighted by molar-refractivity contribution is -0.120. The molecule has 25 heavy (non-hydrogen) atoms. The number of hydrogen-bond donors (Lipinski definition) is 3. The third kappa shape index (κ3) is 2.46. The van der Waals surface area contributed by atoms with Crippen LogP contribution < -0.4 is 10.6 Å². The Hall–Kier alpha value is -3.16. The van der Waals surface area contributed by atoms with Gasteiger partial charge in [-0.3, -0.25) is 15.2 Å². The Morgan fingerprint density at radius 3 is 2.76 bits per heavy atom. The van der Waals surface area contributed by atoms with Gasteiger partial charge in [0.2, 0.25) is 0 Å². The lowest BCUT2D eigenvalue weighted by Crippen LogP contribution is -2.22. The Labute approximate surface area is 142 Å². The Morgan fingerprint density at radius 2 is 2.12 bits per heavy atom. The highest BCUT2D eigenvalue weighted by atomic mass is 19.1. The molecule has 0 bridgehead atoms. The molecule has 3 amide bonds. The van der Waals surface area contributed by atoms with Gasteiger partial charge in [0.15, 0.2) is 6.04 Å². The van der Waals surface area contributed by atoms with Gasteiger partial charge >= 0.3 is 6.03 Å². The number of amides is 3. The van der Waals surface area contributed by atoms with Gasteiger partial charge in [-0.2, -0.15) is 5.10 Å². The second-order valence-corrected chi connectivity index (χ2v) is 6.06. The Morgan fingerprint density at radius 1 is 1.32 bits per heavy atom. The zero-order chi connectivity index (χ0) is 17.7. The number of halogens is 1. The summed E-state index contributed by atoms with van der Waals surface area (Å²) in [6.07, 6.45) is 3.51. The zero-order valence-electron chi connectivity index (χ0n) is 13.6. The fourth-order valence-corrected chi connectivity index (χ4v) is 3.18. The number of nitrogens with one attached hydrogen (secondary N) is 3. The Balaban J connectivity index is 1.70. The Bertz CT molecular complexity index is 947. The highest BCUT2D eigenvalue weighted by Crippen LogP contribution is 2.35. The summed E-state index contributed by atoms with van der Waals surface area (Å²) >= 11 is 0. The summed E-state index contributed by atoms with van der Waals surface area (Å²) < 4.78 is 20.4. The first-order valence-corrected chi connectivity index (χ1v) is 7.77. The van der Waals surface area contributed by atoms with Crippen molar-refractivity contribution in [2.45, 2.75) is 26.3 Å². The predicted octanol–water partition coefficient (Wildman–Crippen LogP) is 2.45. The summed E-state index contributed by atoms with van der Waals surface area (Å²) in [7, 11) is 0. The van der Waals surface area contributed by atoms with Crippen molar-refractivity contribution in [3.63, 3.8) is 0 Å². The van der Waals surface area contributed by atoms with Gasteiger partial charge in [0.05, 0.1) is 5.69 Å². The van der Waals surface area contributed by atoms with Crippen molar-refractivity contribution in [2.24, 2.45) is 0 Å². The fourth-order valence-electron chi connectivity index (χ4n) is 3.18. The van der Waals surface area contributed by atoms with Crippen LogP contribution in [0.2, 0.25) is 0 Å². The molecule has 1 unspecified atom stereocenters. The molecule has 4 rings (SSSR count). The first-order valence-electron chi connectivity index (χ1n) is 7.77. The maximum atomic E-state index is 14.8. The molecular weight excluding hydrogens is 327 g/mol. The monoisotopic (exact) mass is 342 g/mol. The van der Waals surface area contributed by atoms with E-state index >= 15 is 0 Å². The average Bonchev–Trinajstić information content (AvgIpc) is 3.17. The molecule has 8 heteroatoms. The van der Waals surface area contributed by atoms with Crippen LogP contribution in [0, 0.1) is 13.8 Å². The number of carbonyl (C=O) groups is 2. The van der Waals surface area contributed by atoms with Crippen molar-refractivity contribution >= 4 is 23.6 Å². The number of aromatic nitrogens is 2. The normalized spacial score (nSPS) is 19.7. The summed E-state index contributed by atoms with van der Waals surface area (Å²) in [5, 5.41) is 11.6. The zero-order valence-corrected chi connectivity index (χ0v) is 13.6. The molecule has 2 aromatic heterocycles. The molecule has 2 aromatic rings. The maximum Gasteiger partial charge on any atom is 0.322 e. The van der Waals surface area contributed by atoms with E-state index in [9.17, 15) is 14.0 Å². The van der Waals surface area contributed by atoms with E-state index in [4.69, 9.17) is 4.42 Å². The maximum absolute atomic E-state index is 14.8. The number of aryl methyl sites for hydroxylation is 2. The van der Waals surface area contributed by atoms with E-state index in [0.29, 0.717) is 17.8 Å². The summed E-state index contributed by atoms with van der Waals surface area (Å²) in [6.45, 7) is 3.65. The lowest BCUT2D eigenvalue weighted by Gasteiger charge is -2.05. The van der Waals surface area contributed by atoms with Crippen molar-refractivity contribution in [1.29, 1.82) is 0 Å². The minimum absolute atomic E-state index is 0.282. The molecule has 0 aromatic carbocycles. The van der Waals surface area contributed by atoms with Gasteiger partial charge in [0, 0.05) is 28.5 Å². The van der Waals surface area contributed by atoms with Crippen LogP contribution in [0.3, 0.4) is 0 Å². The molecule has 1 fully saturated rings. The minimum Gasteiger partial charge on any atom is -0.459 e. The van der Waals surface area contributed by atoms with Crippen molar-refractivity contribution in [2.75, 3.05) is 0 Å². The number of allylic oxidation sites excluding steroid dienone is 3. The molecule has 1 aliphatic carbocycles. The predicted molar refractivity (Wildman–Crippen MR) is 87.0 cm³/mol. The van der Waals surface area contributed by atoms with Crippen LogP contribution in [-0.2, 0) is 11.2 Å². The molecule has 0 saturated carbocycles. The molecule has 1 saturated heterocycles. The SMILES string of the molecule is Cc1n[nH]c(C)c1C1=CCc2cc(C3NC(=O)NC3=O)oc2C=C1F. The topological polar surface area (TPSA) is 100 Å². The molecule has 3 heterocycles. The van der Waals surface area contributed by atoms with Gasteiger partial charge in [-0.25, -0.2) is 9.18 Å². The largest absolute Gasteiger partial charge is 0.459 e. The number of fused-ring (bicyclic) bond motifs is 1. The van der Waals surface area contributed by atoms with Crippen molar-refractivity contribution in [1.82, 2.24) is 20.8 Å². The molecule has 0 spiro atoms. The van der Waals surface area contributed by atoms with Crippen molar-refractivity contribution in [3.05, 3.63) is 52.0 Å². The second-order valence-electron chi connectivity index (χ2n) is 6.06. The quantitative estimate of drug-likeness (QED) is 0.730. The molecule has 128 valence electrons. The number of rotatable bonds is 2. The minimum atomic E-state index is -0.891. The van der Waals surface area contributed by atoms with E-state index in [0.717, 1.165) is 22.5 Å². The van der Waals surface area contributed by atoms with Crippen molar-refractivity contribution < 1.29 is 18.4 Å². The smallest absolute Gasteiger partial charge is 0.322 e. The fraction of sp³-hybridized carbons (Fsp3) is 0.235. The molecule has 7 nitrogen and oxygen atoms in total. The molecule has 2 aliphatic rings. The number of furan rings is 1. The number of imide groups is 1. The summed E-state index contributed by atoms with van der Waals surface area (Å²) in [5.74, 6) is -0.303. The van der Waals surface area contributed by atoms with E-state index < -0.39 is 23.8 Å². The molecular formula is C17H15FN4O3. The second kappa shape index (κ2) is 5.44. The lowest BCUT2D eigenvalue weighted by atomic mass is 10.0. The van der Waals surface area contributed by atoms with Crippen LogP contribution in [0.1, 0.15) is 40.1 Å². The van der Waals surface area contributed by atoms with E-state index in [1.807, 2.05) is 13.8 Å². The third-order valence-corrected chi connectivity index (χ3v) is 4.36. The molecule has 0 radical (unpaired) electrons. The van der Waals surface area contributed by atoms with E-state index in [-0.39, 0.29) is 5.76 Å². The molecule has 1 atom stereocenters. The molecule has 3 N–H and O–H groups in total. The first-order chi connectivity index (χ1) is 11.9. The van der Waals surface area contributed by atoms with Crippen LogP contribution in [0.5, 0.6) is 0 Å². The van der Waals surface area contributed by atoms with Crippen LogP contribution in [0.25, 0.3) is 11.6 Å². The van der Waals surface area contributed by atoms with Gasteiger partial charge < -0.3 is 9.73 Å². The average molecular weight is 342 g/mol. The first kappa shape index (κ1) is 15.4. The number of H-pyrrole nitrogens is 1.